The van der Waals surface area contributed by atoms with Crippen molar-refractivity contribution in [2.45, 2.75) is 32.9 Å². The predicted molar refractivity (Wildman–Crippen MR) is 107 cm³/mol. The lowest BCUT2D eigenvalue weighted by Gasteiger charge is -2.35. The predicted octanol–water partition coefficient (Wildman–Crippen LogP) is 3.19. The fraction of sp³-hybridized carbons (Fsp3) is 0.556. The molecule has 2 aromatic rings. The highest BCUT2D eigenvalue weighted by Crippen LogP contribution is 2.16. The highest BCUT2D eigenvalue weighted by molar-refractivity contribution is 14.1. The highest BCUT2D eigenvalue weighted by atomic mass is 127. The maximum Gasteiger partial charge on any atom is 0.410 e. The number of hydrogen-bond donors (Lipinski definition) is 0. The summed E-state index contributed by atoms with van der Waals surface area (Å²) in [7, 11) is 0. The first kappa shape index (κ1) is 18.4. The molecule has 0 N–H and O–H groups in total. The maximum absolute atomic E-state index is 12.1. The van der Waals surface area contributed by atoms with Gasteiger partial charge < -0.3 is 14.2 Å². The first-order valence-electron chi connectivity index (χ1n) is 8.63. The molecule has 25 heavy (non-hydrogen) atoms. The van der Waals surface area contributed by atoms with Crippen LogP contribution in [-0.2, 0) is 11.3 Å². The molecule has 1 aliphatic heterocycles. The number of aromatic nitrogens is 2. The third-order valence-corrected chi connectivity index (χ3v) is 4.86. The van der Waals surface area contributed by atoms with Gasteiger partial charge in [0.05, 0.1) is 0 Å². The van der Waals surface area contributed by atoms with Crippen LogP contribution >= 0.6 is 22.6 Å². The number of ether oxygens (including phenoxy) is 1. The molecule has 1 saturated heterocycles. The lowest BCUT2D eigenvalue weighted by molar-refractivity contribution is 0.0143. The third kappa shape index (κ3) is 4.84. The summed E-state index contributed by atoms with van der Waals surface area (Å²) in [5, 5.41) is 1.18. The van der Waals surface area contributed by atoms with E-state index >= 15 is 0 Å². The van der Waals surface area contributed by atoms with E-state index < -0.39 is 5.60 Å². The van der Waals surface area contributed by atoms with E-state index in [1.807, 2.05) is 26.8 Å². The van der Waals surface area contributed by atoms with Crippen LogP contribution in [-0.4, -0.2) is 63.8 Å². The minimum Gasteiger partial charge on any atom is -0.444 e. The number of nitrogens with zero attached hydrogens (tertiary/aromatic N) is 4. The standard InChI is InChI=1S/C18H25IN4O2/c1-18(2,3)25-17(24)23-12-9-21(10-13-23)8-11-22-7-6-14-4-5-15(19)20-16(14)22/h4-7H,8-13H2,1-3H3. The zero-order valence-corrected chi connectivity index (χ0v) is 17.2. The summed E-state index contributed by atoms with van der Waals surface area (Å²) >= 11 is 2.25. The Labute approximate surface area is 162 Å². The summed E-state index contributed by atoms with van der Waals surface area (Å²) in [5.41, 5.74) is 0.605. The molecule has 0 atom stereocenters. The van der Waals surface area contributed by atoms with E-state index in [1.165, 1.54) is 5.39 Å². The minimum absolute atomic E-state index is 0.206. The van der Waals surface area contributed by atoms with Crippen molar-refractivity contribution >= 4 is 39.7 Å². The number of carbonyl (C=O) groups excluding carboxylic acids is 1. The molecular weight excluding hydrogens is 431 g/mol. The molecular formula is C18H25IN4O2. The molecule has 1 fully saturated rings. The van der Waals surface area contributed by atoms with Crippen molar-refractivity contribution in [2.75, 3.05) is 32.7 Å². The van der Waals surface area contributed by atoms with Gasteiger partial charge in [0.2, 0.25) is 0 Å². The van der Waals surface area contributed by atoms with Crippen molar-refractivity contribution in [3.05, 3.63) is 28.1 Å². The Morgan fingerprint density at radius 3 is 2.56 bits per heavy atom. The van der Waals surface area contributed by atoms with Crippen molar-refractivity contribution in [1.82, 2.24) is 19.4 Å². The van der Waals surface area contributed by atoms with Gasteiger partial charge >= 0.3 is 6.09 Å². The van der Waals surface area contributed by atoms with Gasteiger partial charge in [0, 0.05) is 50.9 Å². The Kier molecular flexibility index (Phi) is 5.52. The van der Waals surface area contributed by atoms with Crippen molar-refractivity contribution in [1.29, 1.82) is 0 Å². The van der Waals surface area contributed by atoms with E-state index in [2.05, 4.69) is 55.4 Å². The number of amides is 1. The summed E-state index contributed by atoms with van der Waals surface area (Å²) in [4.78, 5) is 20.9. The van der Waals surface area contributed by atoms with Crippen molar-refractivity contribution < 1.29 is 9.53 Å². The molecule has 0 aliphatic carbocycles. The van der Waals surface area contributed by atoms with Gasteiger partial charge in [0.15, 0.2) is 0 Å². The van der Waals surface area contributed by atoms with Crippen LogP contribution < -0.4 is 0 Å². The fourth-order valence-corrected chi connectivity index (χ4v) is 3.36. The lowest BCUT2D eigenvalue weighted by atomic mass is 10.2. The summed E-state index contributed by atoms with van der Waals surface area (Å²) in [6.45, 7) is 10.8. The van der Waals surface area contributed by atoms with Gasteiger partial charge in [-0.25, -0.2) is 9.78 Å². The first-order chi connectivity index (χ1) is 11.8. The monoisotopic (exact) mass is 456 g/mol. The van der Waals surface area contributed by atoms with Crippen LogP contribution in [0.3, 0.4) is 0 Å². The summed E-state index contributed by atoms with van der Waals surface area (Å²) in [5.74, 6) is 0. The van der Waals surface area contributed by atoms with Gasteiger partial charge in [-0.1, -0.05) is 0 Å². The second-order valence-corrected chi connectivity index (χ2v) is 8.47. The topological polar surface area (TPSA) is 50.6 Å². The van der Waals surface area contributed by atoms with Gasteiger partial charge in [-0.2, -0.15) is 0 Å². The molecule has 0 radical (unpaired) electrons. The summed E-state index contributed by atoms with van der Waals surface area (Å²) in [6.07, 6.45) is 1.90. The number of piperazine rings is 1. The highest BCUT2D eigenvalue weighted by Gasteiger charge is 2.25. The first-order valence-corrected chi connectivity index (χ1v) is 9.71. The second kappa shape index (κ2) is 7.49. The van der Waals surface area contributed by atoms with Crippen molar-refractivity contribution in [3.63, 3.8) is 0 Å². The van der Waals surface area contributed by atoms with E-state index in [9.17, 15) is 4.79 Å². The average Bonchev–Trinajstić information content (AvgIpc) is 2.94. The molecule has 2 aromatic heterocycles. The molecule has 0 spiro atoms. The molecule has 1 aliphatic rings. The largest absolute Gasteiger partial charge is 0.444 e. The molecule has 0 bridgehead atoms. The van der Waals surface area contributed by atoms with Gasteiger partial charge in [-0.3, -0.25) is 4.90 Å². The van der Waals surface area contributed by atoms with E-state index in [4.69, 9.17) is 4.74 Å². The van der Waals surface area contributed by atoms with Crippen LogP contribution in [0.4, 0.5) is 4.79 Å². The number of carbonyl (C=O) groups is 1. The Balaban J connectivity index is 1.51. The smallest absolute Gasteiger partial charge is 0.410 e. The number of hydrogen-bond acceptors (Lipinski definition) is 4. The molecule has 7 heteroatoms. The number of pyridine rings is 1. The summed E-state index contributed by atoms with van der Waals surface area (Å²) < 4.78 is 8.66. The van der Waals surface area contributed by atoms with Crippen molar-refractivity contribution in [2.24, 2.45) is 0 Å². The SMILES string of the molecule is CC(C)(C)OC(=O)N1CCN(CCn2ccc3ccc(I)nc32)CC1. The Hall–Kier alpha value is -1.35. The van der Waals surface area contributed by atoms with E-state index in [0.29, 0.717) is 0 Å². The molecule has 0 aromatic carbocycles. The van der Waals surface area contributed by atoms with Crippen LogP contribution in [0.25, 0.3) is 11.0 Å². The Morgan fingerprint density at radius 1 is 1.16 bits per heavy atom. The zero-order chi connectivity index (χ0) is 18.0. The van der Waals surface area contributed by atoms with Crippen LogP contribution in [0.15, 0.2) is 24.4 Å². The van der Waals surface area contributed by atoms with Gasteiger partial charge in [0.1, 0.15) is 14.9 Å². The number of rotatable bonds is 3. The van der Waals surface area contributed by atoms with Crippen LogP contribution in [0, 0.1) is 3.70 Å². The molecule has 1 amide bonds. The van der Waals surface area contributed by atoms with Gasteiger partial charge in [0.25, 0.3) is 0 Å². The Bertz CT molecular complexity index is 745. The average molecular weight is 456 g/mol. The third-order valence-electron chi connectivity index (χ3n) is 4.26. The lowest BCUT2D eigenvalue weighted by Crippen LogP contribution is -2.50. The number of fused-ring (bicyclic) bond motifs is 1. The van der Waals surface area contributed by atoms with Crippen LogP contribution in [0.1, 0.15) is 20.8 Å². The molecule has 3 heterocycles. The normalized spacial score (nSPS) is 16.4. The molecule has 6 nitrogen and oxygen atoms in total. The van der Waals surface area contributed by atoms with Gasteiger partial charge in [-0.15, -0.1) is 0 Å². The second-order valence-electron chi connectivity index (χ2n) is 7.36. The Morgan fingerprint density at radius 2 is 1.88 bits per heavy atom. The quantitative estimate of drug-likeness (QED) is 0.526. The van der Waals surface area contributed by atoms with E-state index in [-0.39, 0.29) is 6.09 Å². The van der Waals surface area contributed by atoms with E-state index in [0.717, 1.165) is 48.6 Å². The number of halogens is 1. The summed E-state index contributed by atoms with van der Waals surface area (Å²) in [6, 6.07) is 6.25. The van der Waals surface area contributed by atoms with Gasteiger partial charge in [-0.05, 0) is 61.6 Å². The van der Waals surface area contributed by atoms with Crippen LogP contribution in [0.2, 0.25) is 0 Å². The fourth-order valence-electron chi connectivity index (χ4n) is 2.95. The molecule has 136 valence electrons. The van der Waals surface area contributed by atoms with E-state index in [1.54, 1.807) is 4.90 Å². The van der Waals surface area contributed by atoms with Crippen molar-refractivity contribution in [3.8, 4) is 0 Å². The molecule has 3 rings (SSSR count). The maximum atomic E-state index is 12.1. The minimum atomic E-state index is -0.436. The molecule has 0 unspecified atom stereocenters. The van der Waals surface area contributed by atoms with Crippen LogP contribution in [0.5, 0.6) is 0 Å². The molecule has 0 saturated carbocycles. The zero-order valence-electron chi connectivity index (χ0n) is 15.0.